The lowest BCUT2D eigenvalue weighted by Gasteiger charge is -2.32. The van der Waals surface area contributed by atoms with E-state index in [1.165, 1.54) is 12.1 Å². The molecular formula is C19H23FN4O3. The van der Waals surface area contributed by atoms with E-state index in [1.807, 2.05) is 0 Å². The third-order valence-corrected chi connectivity index (χ3v) is 5.21. The summed E-state index contributed by atoms with van der Waals surface area (Å²) in [6.07, 6.45) is 3.10. The second-order valence-corrected chi connectivity index (χ2v) is 7.12. The van der Waals surface area contributed by atoms with Crippen molar-refractivity contribution in [3.63, 3.8) is 0 Å². The zero-order valence-corrected chi connectivity index (χ0v) is 15.3. The third kappa shape index (κ3) is 3.89. The number of ether oxygens (including phenoxy) is 1. The second-order valence-electron chi connectivity index (χ2n) is 7.12. The summed E-state index contributed by atoms with van der Waals surface area (Å²) in [5.74, 6) is 1.79. The van der Waals surface area contributed by atoms with Gasteiger partial charge in [-0.1, -0.05) is 5.16 Å². The summed E-state index contributed by atoms with van der Waals surface area (Å²) in [4.78, 5) is 18.8. The molecule has 1 saturated heterocycles. The predicted octanol–water partition coefficient (Wildman–Crippen LogP) is 3.32. The molecule has 2 aliphatic heterocycles. The van der Waals surface area contributed by atoms with Gasteiger partial charge in [0.05, 0.1) is 12.6 Å². The molecule has 8 heteroatoms. The van der Waals surface area contributed by atoms with Crippen molar-refractivity contribution in [2.24, 2.45) is 0 Å². The molecule has 0 saturated carbocycles. The molecule has 1 aromatic carbocycles. The summed E-state index contributed by atoms with van der Waals surface area (Å²) in [6.45, 7) is 3.61. The number of nitrogens with one attached hydrogen (secondary N) is 1. The van der Waals surface area contributed by atoms with E-state index in [9.17, 15) is 9.18 Å². The number of urea groups is 1. The molecule has 2 aromatic rings. The van der Waals surface area contributed by atoms with Crippen LogP contribution in [0.3, 0.4) is 0 Å². The number of aryl methyl sites for hydroxylation is 1. The van der Waals surface area contributed by atoms with Gasteiger partial charge in [-0.05, 0) is 50.8 Å². The van der Waals surface area contributed by atoms with Crippen LogP contribution in [0.5, 0.6) is 5.75 Å². The van der Waals surface area contributed by atoms with Crippen molar-refractivity contribution in [3.05, 3.63) is 41.3 Å². The summed E-state index contributed by atoms with van der Waals surface area (Å²) in [6, 6.07) is 4.09. The van der Waals surface area contributed by atoms with Gasteiger partial charge >= 0.3 is 6.03 Å². The molecule has 1 atom stereocenters. The summed E-state index contributed by atoms with van der Waals surface area (Å²) >= 11 is 0. The number of hydrogen-bond donors (Lipinski definition) is 1. The molecule has 2 aliphatic rings. The van der Waals surface area contributed by atoms with Gasteiger partial charge in [0.1, 0.15) is 11.6 Å². The topological polar surface area (TPSA) is 80.5 Å². The van der Waals surface area contributed by atoms with E-state index in [4.69, 9.17) is 9.26 Å². The van der Waals surface area contributed by atoms with Gasteiger partial charge in [0.25, 0.3) is 0 Å². The van der Waals surface area contributed by atoms with E-state index in [1.54, 1.807) is 17.9 Å². The molecule has 144 valence electrons. The van der Waals surface area contributed by atoms with Crippen LogP contribution >= 0.6 is 0 Å². The van der Waals surface area contributed by atoms with Crippen LogP contribution in [-0.4, -0.2) is 40.8 Å². The maximum atomic E-state index is 13.7. The Morgan fingerprint density at radius 2 is 2.11 bits per heavy atom. The fourth-order valence-corrected chi connectivity index (χ4v) is 3.75. The maximum Gasteiger partial charge on any atom is 0.317 e. The highest BCUT2D eigenvalue weighted by molar-refractivity contribution is 5.75. The lowest BCUT2D eigenvalue weighted by molar-refractivity contribution is 0.171. The quantitative estimate of drug-likeness (QED) is 0.872. The van der Waals surface area contributed by atoms with Crippen LogP contribution < -0.4 is 10.1 Å². The average Bonchev–Trinajstić information content (AvgIpc) is 3.02. The lowest BCUT2D eigenvalue weighted by atomic mass is 9.97. The first-order valence-electron chi connectivity index (χ1n) is 9.38. The zero-order chi connectivity index (χ0) is 18.8. The van der Waals surface area contributed by atoms with Gasteiger partial charge in [0.15, 0.2) is 5.82 Å². The molecule has 4 rings (SSSR count). The molecule has 0 bridgehead atoms. The van der Waals surface area contributed by atoms with E-state index in [-0.39, 0.29) is 23.8 Å². The van der Waals surface area contributed by atoms with Gasteiger partial charge < -0.3 is 19.5 Å². The van der Waals surface area contributed by atoms with Crippen molar-refractivity contribution in [3.8, 4) is 5.75 Å². The van der Waals surface area contributed by atoms with Gasteiger partial charge in [-0.3, -0.25) is 0 Å². The summed E-state index contributed by atoms with van der Waals surface area (Å²) in [5, 5.41) is 6.90. The molecule has 27 heavy (non-hydrogen) atoms. The predicted molar refractivity (Wildman–Crippen MR) is 95.0 cm³/mol. The standard InChI is InChI=1S/C19H23FN4O3/c1-12-21-18(27-23-12)13-6-8-24(9-7-13)19(25)22-16-3-2-10-26-17-5-4-14(20)11-15(16)17/h4-5,11,13,16H,2-3,6-10H2,1H3,(H,22,25). The van der Waals surface area contributed by atoms with Crippen molar-refractivity contribution in [1.82, 2.24) is 20.4 Å². The fourth-order valence-electron chi connectivity index (χ4n) is 3.75. The number of amides is 2. The van der Waals surface area contributed by atoms with Crippen LogP contribution in [-0.2, 0) is 0 Å². The van der Waals surface area contributed by atoms with Crippen molar-refractivity contribution in [2.45, 2.75) is 44.6 Å². The Morgan fingerprint density at radius 3 is 2.85 bits per heavy atom. The largest absolute Gasteiger partial charge is 0.493 e. The monoisotopic (exact) mass is 374 g/mol. The van der Waals surface area contributed by atoms with Crippen LogP contribution in [0.25, 0.3) is 0 Å². The van der Waals surface area contributed by atoms with Crippen LogP contribution in [0.15, 0.2) is 22.7 Å². The highest BCUT2D eigenvalue weighted by Gasteiger charge is 2.29. The number of carbonyl (C=O) groups is 1. The van der Waals surface area contributed by atoms with Gasteiger partial charge in [-0.2, -0.15) is 4.98 Å². The number of piperidine rings is 1. The van der Waals surface area contributed by atoms with Crippen molar-refractivity contribution in [1.29, 1.82) is 0 Å². The molecule has 0 radical (unpaired) electrons. The van der Waals surface area contributed by atoms with E-state index in [2.05, 4.69) is 15.5 Å². The molecule has 2 amide bonds. The van der Waals surface area contributed by atoms with Gasteiger partial charge in [0.2, 0.25) is 5.89 Å². The average molecular weight is 374 g/mol. The number of rotatable bonds is 2. The SMILES string of the molecule is Cc1noc(C2CCN(C(=O)NC3CCCOc4ccc(F)cc43)CC2)n1. The zero-order valence-electron chi connectivity index (χ0n) is 15.3. The van der Waals surface area contributed by atoms with Crippen LogP contribution in [0, 0.1) is 12.7 Å². The summed E-state index contributed by atoms with van der Waals surface area (Å²) < 4.78 is 24.6. The van der Waals surface area contributed by atoms with Gasteiger partial charge in [-0.25, -0.2) is 9.18 Å². The molecule has 1 unspecified atom stereocenters. The first-order chi connectivity index (χ1) is 13.1. The molecule has 0 spiro atoms. The molecule has 1 aromatic heterocycles. The minimum Gasteiger partial charge on any atom is -0.493 e. The van der Waals surface area contributed by atoms with E-state index in [0.29, 0.717) is 42.7 Å². The Bertz CT molecular complexity index is 817. The number of halogens is 1. The third-order valence-electron chi connectivity index (χ3n) is 5.21. The van der Waals surface area contributed by atoms with Crippen LogP contribution in [0.1, 0.15) is 54.9 Å². The highest BCUT2D eigenvalue weighted by atomic mass is 19.1. The first-order valence-corrected chi connectivity index (χ1v) is 9.38. The molecular weight excluding hydrogens is 351 g/mol. The molecule has 7 nitrogen and oxygen atoms in total. The Kier molecular flexibility index (Phi) is 4.96. The minimum absolute atomic E-state index is 0.128. The number of aromatic nitrogens is 2. The second kappa shape index (κ2) is 7.54. The first kappa shape index (κ1) is 17.8. The Hall–Kier alpha value is -2.64. The van der Waals surface area contributed by atoms with Gasteiger partial charge in [0, 0.05) is 24.6 Å². The summed E-state index contributed by atoms with van der Waals surface area (Å²) in [5.41, 5.74) is 0.706. The minimum atomic E-state index is -0.325. The number of hydrogen-bond acceptors (Lipinski definition) is 5. The Labute approximate surface area is 156 Å². The van der Waals surface area contributed by atoms with Crippen LogP contribution in [0.4, 0.5) is 9.18 Å². The van der Waals surface area contributed by atoms with Crippen LogP contribution in [0.2, 0.25) is 0 Å². The molecule has 0 aliphatic carbocycles. The fraction of sp³-hybridized carbons (Fsp3) is 0.526. The number of fused-ring (bicyclic) bond motifs is 1. The lowest BCUT2D eigenvalue weighted by Crippen LogP contribution is -2.45. The van der Waals surface area contributed by atoms with E-state index >= 15 is 0 Å². The number of likely N-dealkylation sites (tertiary alicyclic amines) is 1. The smallest absolute Gasteiger partial charge is 0.317 e. The Morgan fingerprint density at radius 1 is 1.30 bits per heavy atom. The van der Waals surface area contributed by atoms with Crippen molar-refractivity contribution >= 4 is 6.03 Å². The molecule has 1 fully saturated rings. The maximum absolute atomic E-state index is 13.7. The number of benzene rings is 1. The normalized spacial score (nSPS) is 20.5. The van der Waals surface area contributed by atoms with Crippen molar-refractivity contribution < 1.29 is 18.4 Å². The Balaban J connectivity index is 1.39. The molecule has 1 N–H and O–H groups in total. The van der Waals surface area contributed by atoms with Gasteiger partial charge in [-0.15, -0.1) is 0 Å². The van der Waals surface area contributed by atoms with Crippen molar-refractivity contribution in [2.75, 3.05) is 19.7 Å². The van der Waals surface area contributed by atoms with E-state index < -0.39 is 0 Å². The molecule has 3 heterocycles. The number of nitrogens with zero attached hydrogens (tertiary/aromatic N) is 3. The highest BCUT2D eigenvalue weighted by Crippen LogP contribution is 2.33. The van der Waals surface area contributed by atoms with E-state index in [0.717, 1.165) is 25.7 Å². The summed E-state index contributed by atoms with van der Waals surface area (Å²) in [7, 11) is 0. The number of carbonyl (C=O) groups excluding carboxylic acids is 1.